The van der Waals surface area contributed by atoms with Gasteiger partial charge in [0.25, 0.3) is 5.91 Å². The van der Waals surface area contributed by atoms with Crippen LogP contribution in [0.5, 0.6) is 5.75 Å². The average molecular weight is 485 g/mol. The third kappa shape index (κ3) is 5.21. The molecule has 1 saturated heterocycles. The van der Waals surface area contributed by atoms with Crippen LogP contribution in [0, 0.1) is 0 Å². The van der Waals surface area contributed by atoms with E-state index in [9.17, 15) is 13.2 Å². The normalized spacial score (nSPS) is 14.2. The van der Waals surface area contributed by atoms with Crippen LogP contribution in [0.2, 0.25) is 5.02 Å². The van der Waals surface area contributed by atoms with Crippen LogP contribution in [-0.2, 0) is 16.4 Å². The predicted molar refractivity (Wildman–Crippen MR) is 130 cm³/mol. The second kappa shape index (κ2) is 9.95. The first-order valence-corrected chi connectivity index (χ1v) is 12.5. The molecule has 1 aliphatic rings. The fourth-order valence-corrected chi connectivity index (χ4v) is 5.67. The van der Waals surface area contributed by atoms with E-state index in [1.807, 2.05) is 36.4 Å². The monoisotopic (exact) mass is 484 g/mol. The number of benzene rings is 3. The van der Waals surface area contributed by atoms with E-state index in [0.717, 1.165) is 24.0 Å². The lowest BCUT2D eigenvalue weighted by atomic mass is 10.0. The van der Waals surface area contributed by atoms with Crippen LogP contribution in [0.25, 0.3) is 0 Å². The summed E-state index contributed by atoms with van der Waals surface area (Å²) in [5.41, 5.74) is 2.70. The van der Waals surface area contributed by atoms with E-state index in [0.29, 0.717) is 30.9 Å². The molecule has 8 heteroatoms. The van der Waals surface area contributed by atoms with Gasteiger partial charge < -0.3 is 10.1 Å². The maximum absolute atomic E-state index is 13.0. The number of carbonyl (C=O) groups excluding carboxylic acids is 1. The molecule has 172 valence electrons. The smallest absolute Gasteiger partial charge is 0.257 e. The molecule has 3 aromatic carbocycles. The summed E-state index contributed by atoms with van der Waals surface area (Å²) in [5, 5.41) is 3.02. The van der Waals surface area contributed by atoms with Gasteiger partial charge in [-0.05, 0) is 54.8 Å². The lowest BCUT2D eigenvalue weighted by Crippen LogP contribution is -2.28. The number of anilines is 1. The van der Waals surface area contributed by atoms with E-state index in [-0.39, 0.29) is 15.5 Å². The molecule has 0 radical (unpaired) electrons. The summed E-state index contributed by atoms with van der Waals surface area (Å²) in [5.74, 6) is 0.239. The van der Waals surface area contributed by atoms with Gasteiger partial charge in [-0.15, -0.1) is 0 Å². The third-order valence-corrected chi connectivity index (χ3v) is 7.89. The van der Waals surface area contributed by atoms with Crippen molar-refractivity contribution in [2.45, 2.75) is 24.2 Å². The van der Waals surface area contributed by atoms with Gasteiger partial charge in [-0.1, -0.05) is 41.9 Å². The number of methoxy groups -OCH3 is 1. The van der Waals surface area contributed by atoms with Crippen molar-refractivity contribution in [2.75, 3.05) is 25.5 Å². The van der Waals surface area contributed by atoms with Crippen LogP contribution in [0.4, 0.5) is 5.69 Å². The first-order valence-electron chi connectivity index (χ1n) is 10.7. The molecule has 1 fully saturated rings. The van der Waals surface area contributed by atoms with Crippen LogP contribution >= 0.6 is 11.6 Å². The van der Waals surface area contributed by atoms with Crippen LogP contribution in [0.15, 0.2) is 71.6 Å². The predicted octanol–water partition coefficient (Wildman–Crippen LogP) is 4.98. The van der Waals surface area contributed by atoms with Crippen molar-refractivity contribution in [3.63, 3.8) is 0 Å². The zero-order valence-electron chi connectivity index (χ0n) is 18.3. The Balaban J connectivity index is 1.59. The first kappa shape index (κ1) is 23.3. The molecule has 1 N–H and O–H groups in total. The Bertz CT molecular complexity index is 1260. The van der Waals surface area contributed by atoms with Crippen LogP contribution in [0.3, 0.4) is 0 Å². The highest BCUT2D eigenvalue weighted by atomic mass is 35.5. The summed E-state index contributed by atoms with van der Waals surface area (Å²) in [4.78, 5) is 13.1. The summed E-state index contributed by atoms with van der Waals surface area (Å²) in [6, 6.07) is 19.6. The number of carbonyl (C=O) groups is 1. The number of sulfonamides is 1. The topological polar surface area (TPSA) is 75.7 Å². The lowest BCUT2D eigenvalue weighted by molar-refractivity contribution is 0.102. The minimum Gasteiger partial charge on any atom is -0.496 e. The van der Waals surface area contributed by atoms with Gasteiger partial charge in [0, 0.05) is 30.8 Å². The Kier molecular flexibility index (Phi) is 7.02. The third-order valence-electron chi connectivity index (χ3n) is 5.66. The molecular weight excluding hydrogens is 460 g/mol. The quantitative estimate of drug-likeness (QED) is 0.513. The van der Waals surface area contributed by atoms with Gasteiger partial charge in [0.05, 0.1) is 22.6 Å². The summed E-state index contributed by atoms with van der Waals surface area (Å²) in [6.07, 6.45) is 2.31. The number of nitrogens with one attached hydrogen (secondary N) is 1. The maximum Gasteiger partial charge on any atom is 0.257 e. The van der Waals surface area contributed by atoms with E-state index in [2.05, 4.69) is 5.32 Å². The fourth-order valence-electron chi connectivity index (χ4n) is 3.93. The standard InChI is InChI=1S/C25H25ClN2O4S/c1-32-24-12-9-20(16-19(24)15-18-7-3-2-4-8-18)27-25(29)22-17-21(10-11-23(22)26)33(30,31)28-13-5-6-14-28/h2-4,7-12,16-17H,5-6,13-15H2,1H3,(H,27,29). The summed E-state index contributed by atoms with van der Waals surface area (Å²) in [6.45, 7) is 0.977. The van der Waals surface area contributed by atoms with Gasteiger partial charge in [0.1, 0.15) is 5.75 Å². The van der Waals surface area contributed by atoms with Crippen molar-refractivity contribution in [1.82, 2.24) is 4.31 Å². The van der Waals surface area contributed by atoms with E-state index in [4.69, 9.17) is 16.3 Å². The van der Waals surface area contributed by atoms with Gasteiger partial charge in [-0.3, -0.25) is 4.79 Å². The fraction of sp³-hybridized carbons (Fsp3) is 0.240. The second-order valence-corrected chi connectivity index (χ2v) is 10.2. The Labute approximate surface area is 199 Å². The Morgan fingerprint density at radius 1 is 1.03 bits per heavy atom. The minimum atomic E-state index is -3.66. The SMILES string of the molecule is COc1ccc(NC(=O)c2cc(S(=O)(=O)N3CCCC3)ccc2Cl)cc1Cc1ccccc1. The molecule has 0 aliphatic carbocycles. The van der Waals surface area contributed by atoms with Crippen molar-refractivity contribution >= 4 is 33.2 Å². The number of hydrogen-bond donors (Lipinski definition) is 1. The molecule has 4 rings (SSSR count). The zero-order valence-corrected chi connectivity index (χ0v) is 19.8. The van der Waals surface area contributed by atoms with E-state index < -0.39 is 15.9 Å². The van der Waals surface area contributed by atoms with Gasteiger partial charge >= 0.3 is 0 Å². The molecule has 0 aromatic heterocycles. The zero-order chi connectivity index (χ0) is 23.4. The molecule has 0 unspecified atom stereocenters. The first-order chi connectivity index (χ1) is 15.9. The summed E-state index contributed by atoms with van der Waals surface area (Å²) in [7, 11) is -2.05. The Morgan fingerprint density at radius 3 is 2.45 bits per heavy atom. The number of nitrogens with zero attached hydrogens (tertiary/aromatic N) is 1. The molecule has 33 heavy (non-hydrogen) atoms. The second-order valence-electron chi connectivity index (χ2n) is 7.90. The minimum absolute atomic E-state index is 0.0680. The molecular formula is C25H25ClN2O4S. The number of rotatable bonds is 7. The highest BCUT2D eigenvalue weighted by molar-refractivity contribution is 7.89. The molecule has 3 aromatic rings. The largest absolute Gasteiger partial charge is 0.496 e. The van der Waals surface area contributed by atoms with E-state index in [1.54, 1.807) is 19.2 Å². The van der Waals surface area contributed by atoms with Crippen LogP contribution < -0.4 is 10.1 Å². The van der Waals surface area contributed by atoms with Crippen LogP contribution in [-0.4, -0.2) is 38.8 Å². The van der Waals surface area contributed by atoms with Gasteiger partial charge in [0.2, 0.25) is 10.0 Å². The van der Waals surface area contributed by atoms with Crippen LogP contribution in [0.1, 0.15) is 34.3 Å². The number of amides is 1. The highest BCUT2D eigenvalue weighted by Gasteiger charge is 2.28. The summed E-state index contributed by atoms with van der Waals surface area (Å²) >= 11 is 6.26. The number of halogens is 1. The molecule has 1 aliphatic heterocycles. The van der Waals surface area contributed by atoms with Gasteiger partial charge in [-0.2, -0.15) is 4.31 Å². The van der Waals surface area contributed by atoms with E-state index >= 15 is 0 Å². The van der Waals surface area contributed by atoms with Crippen molar-refractivity contribution in [2.24, 2.45) is 0 Å². The van der Waals surface area contributed by atoms with Crippen molar-refractivity contribution in [1.29, 1.82) is 0 Å². The van der Waals surface area contributed by atoms with E-state index in [1.165, 1.54) is 22.5 Å². The molecule has 0 spiro atoms. The molecule has 0 atom stereocenters. The Hall–Kier alpha value is -2.87. The number of hydrogen-bond acceptors (Lipinski definition) is 4. The maximum atomic E-state index is 13.0. The Morgan fingerprint density at radius 2 is 1.76 bits per heavy atom. The molecule has 0 bridgehead atoms. The molecule has 1 amide bonds. The lowest BCUT2D eigenvalue weighted by Gasteiger charge is -2.17. The highest BCUT2D eigenvalue weighted by Crippen LogP contribution is 2.28. The summed E-state index contributed by atoms with van der Waals surface area (Å²) < 4.78 is 32.7. The molecule has 1 heterocycles. The average Bonchev–Trinajstić information content (AvgIpc) is 3.36. The van der Waals surface area contributed by atoms with Gasteiger partial charge in [-0.25, -0.2) is 8.42 Å². The van der Waals surface area contributed by atoms with Crippen molar-refractivity contribution in [3.8, 4) is 5.75 Å². The molecule has 6 nitrogen and oxygen atoms in total. The van der Waals surface area contributed by atoms with Crippen molar-refractivity contribution < 1.29 is 17.9 Å². The van der Waals surface area contributed by atoms with Crippen molar-refractivity contribution in [3.05, 3.63) is 88.4 Å². The number of ether oxygens (including phenoxy) is 1. The van der Waals surface area contributed by atoms with Gasteiger partial charge in [0.15, 0.2) is 0 Å². The molecule has 0 saturated carbocycles.